The molecule has 2 N–H and O–H groups in total. The zero-order chi connectivity index (χ0) is 16.5. The molecule has 0 saturated carbocycles. The van der Waals surface area contributed by atoms with Crippen LogP contribution in [0.4, 0.5) is 10.5 Å². The van der Waals surface area contributed by atoms with Crippen LogP contribution in [0.2, 0.25) is 0 Å². The topological polar surface area (TPSA) is 92.7 Å². The summed E-state index contributed by atoms with van der Waals surface area (Å²) < 4.78 is 37.3. The molecule has 2 aromatic carbocycles. The maximum Gasteiger partial charge on any atom is 0.412 e. The summed E-state index contributed by atoms with van der Waals surface area (Å²) in [6.07, 6.45) is -0.641. The summed E-state index contributed by atoms with van der Waals surface area (Å²) >= 11 is 0. The summed E-state index contributed by atoms with van der Waals surface area (Å²) in [5, 5.41) is 3.39. The lowest BCUT2D eigenvalue weighted by Gasteiger charge is -2.20. The van der Waals surface area contributed by atoms with Crippen LogP contribution in [-0.2, 0) is 14.9 Å². The lowest BCUT2D eigenvalue weighted by atomic mass is 10.1. The minimum atomic E-state index is -4.35. The number of hydrogen-bond acceptors (Lipinski definition) is 4. The molecule has 22 heavy (non-hydrogen) atoms. The predicted molar refractivity (Wildman–Crippen MR) is 83.6 cm³/mol. The molecule has 0 saturated heterocycles. The van der Waals surface area contributed by atoms with E-state index in [1.807, 2.05) is 0 Å². The van der Waals surface area contributed by atoms with E-state index in [0.29, 0.717) is 16.5 Å². The van der Waals surface area contributed by atoms with E-state index >= 15 is 0 Å². The van der Waals surface area contributed by atoms with Crippen molar-refractivity contribution in [3.8, 4) is 0 Å². The highest BCUT2D eigenvalue weighted by molar-refractivity contribution is 7.86. The van der Waals surface area contributed by atoms with Crippen LogP contribution in [0.15, 0.2) is 41.3 Å². The third kappa shape index (κ3) is 3.75. The maximum atomic E-state index is 11.9. The first-order valence-corrected chi connectivity index (χ1v) is 8.01. The van der Waals surface area contributed by atoms with Crippen molar-refractivity contribution in [3.05, 3.63) is 36.4 Å². The van der Waals surface area contributed by atoms with Crippen LogP contribution in [0, 0.1) is 0 Å². The van der Waals surface area contributed by atoms with Gasteiger partial charge in [0.2, 0.25) is 0 Å². The number of rotatable bonds is 2. The van der Waals surface area contributed by atoms with Crippen molar-refractivity contribution in [1.82, 2.24) is 0 Å². The van der Waals surface area contributed by atoms with E-state index in [4.69, 9.17) is 4.74 Å². The van der Waals surface area contributed by atoms with Gasteiger partial charge in [0, 0.05) is 10.8 Å². The molecular formula is C15H17NO5S. The van der Waals surface area contributed by atoms with Gasteiger partial charge < -0.3 is 4.74 Å². The first kappa shape index (κ1) is 16.3. The molecule has 6 nitrogen and oxygen atoms in total. The minimum Gasteiger partial charge on any atom is -0.444 e. The smallest absolute Gasteiger partial charge is 0.412 e. The summed E-state index contributed by atoms with van der Waals surface area (Å²) in [4.78, 5) is 11.6. The Morgan fingerprint density at radius 3 is 2.27 bits per heavy atom. The second kappa shape index (κ2) is 5.58. The molecular weight excluding hydrogens is 306 g/mol. The van der Waals surface area contributed by atoms with Crippen molar-refractivity contribution in [2.75, 3.05) is 5.32 Å². The minimum absolute atomic E-state index is 0.210. The number of nitrogens with one attached hydrogen (secondary N) is 1. The van der Waals surface area contributed by atoms with Crippen molar-refractivity contribution in [2.24, 2.45) is 0 Å². The first-order valence-electron chi connectivity index (χ1n) is 6.57. The van der Waals surface area contributed by atoms with Crippen LogP contribution in [0.5, 0.6) is 0 Å². The molecule has 7 heteroatoms. The third-order valence-corrected chi connectivity index (χ3v) is 3.71. The molecule has 0 aliphatic carbocycles. The monoisotopic (exact) mass is 323 g/mol. The fourth-order valence-electron chi connectivity index (χ4n) is 2.03. The van der Waals surface area contributed by atoms with Gasteiger partial charge in [0.25, 0.3) is 10.1 Å². The molecule has 1 amide bonds. The van der Waals surface area contributed by atoms with E-state index in [2.05, 4.69) is 5.32 Å². The number of anilines is 1. The van der Waals surface area contributed by atoms with E-state index in [0.717, 1.165) is 0 Å². The highest BCUT2D eigenvalue weighted by Crippen LogP contribution is 2.29. The lowest BCUT2D eigenvalue weighted by molar-refractivity contribution is 0.0636. The van der Waals surface area contributed by atoms with Gasteiger partial charge >= 0.3 is 6.09 Å². The Labute approximate surface area is 128 Å². The zero-order valence-electron chi connectivity index (χ0n) is 12.5. The number of hydrogen-bond donors (Lipinski definition) is 2. The van der Waals surface area contributed by atoms with Crippen molar-refractivity contribution >= 4 is 32.7 Å². The Balaban J connectivity index is 2.47. The Hall–Kier alpha value is -2.12. The SMILES string of the molecule is CC(C)(C)OC(=O)Nc1cccc2c(S(=O)(=O)O)cccc12. The molecule has 0 aliphatic rings. The quantitative estimate of drug-likeness (QED) is 0.826. The fraction of sp³-hybridized carbons (Fsp3) is 0.267. The Bertz CT molecular complexity index is 821. The maximum absolute atomic E-state index is 11.9. The van der Waals surface area contributed by atoms with Crippen LogP contribution >= 0.6 is 0 Å². The Morgan fingerprint density at radius 1 is 1.09 bits per heavy atom. The van der Waals surface area contributed by atoms with Crippen LogP contribution in [0.1, 0.15) is 20.8 Å². The molecule has 118 valence electrons. The average molecular weight is 323 g/mol. The molecule has 0 aliphatic heterocycles. The van der Waals surface area contributed by atoms with Gasteiger partial charge in [-0.2, -0.15) is 8.42 Å². The van der Waals surface area contributed by atoms with Gasteiger partial charge in [-0.05, 0) is 32.9 Å². The third-order valence-electron chi connectivity index (χ3n) is 2.80. The molecule has 0 unspecified atom stereocenters. The van der Waals surface area contributed by atoms with Gasteiger partial charge in [-0.25, -0.2) is 4.79 Å². The number of carbonyl (C=O) groups is 1. The summed E-state index contributed by atoms with van der Waals surface area (Å²) in [5.74, 6) is 0. The number of ether oxygens (including phenoxy) is 1. The van der Waals surface area contributed by atoms with E-state index in [1.165, 1.54) is 12.1 Å². The fourth-order valence-corrected chi connectivity index (χ4v) is 2.74. The van der Waals surface area contributed by atoms with E-state index in [9.17, 15) is 17.8 Å². The van der Waals surface area contributed by atoms with Crippen molar-refractivity contribution in [3.63, 3.8) is 0 Å². The second-order valence-electron chi connectivity index (χ2n) is 5.76. The number of amides is 1. The van der Waals surface area contributed by atoms with Crippen molar-refractivity contribution < 1.29 is 22.5 Å². The van der Waals surface area contributed by atoms with Crippen LogP contribution in [0.3, 0.4) is 0 Å². The standard InChI is InChI=1S/C15H17NO5S/c1-15(2,3)21-14(17)16-12-8-4-7-11-10(12)6-5-9-13(11)22(18,19)20/h4-9H,1-3H3,(H,16,17)(H,18,19,20). The summed E-state index contributed by atoms with van der Waals surface area (Å²) in [6.45, 7) is 5.23. The Kier molecular flexibility index (Phi) is 4.12. The number of carbonyl (C=O) groups excluding carboxylic acids is 1. The number of benzene rings is 2. The largest absolute Gasteiger partial charge is 0.444 e. The van der Waals surface area contributed by atoms with Gasteiger partial charge in [0.05, 0.1) is 5.69 Å². The zero-order valence-corrected chi connectivity index (χ0v) is 13.3. The lowest BCUT2D eigenvalue weighted by Crippen LogP contribution is -2.27. The molecule has 2 rings (SSSR count). The summed E-state index contributed by atoms with van der Waals surface area (Å²) in [6, 6.07) is 9.21. The van der Waals surface area contributed by atoms with Crippen LogP contribution in [-0.4, -0.2) is 24.7 Å². The molecule has 0 spiro atoms. The molecule has 0 bridgehead atoms. The first-order chi connectivity index (χ1) is 10.1. The van der Waals surface area contributed by atoms with Gasteiger partial charge in [-0.15, -0.1) is 0 Å². The van der Waals surface area contributed by atoms with Crippen molar-refractivity contribution in [1.29, 1.82) is 0 Å². The molecule has 0 atom stereocenters. The summed E-state index contributed by atoms with van der Waals surface area (Å²) in [5.41, 5.74) is -0.244. The molecule has 2 aromatic rings. The molecule has 0 aromatic heterocycles. The number of fused-ring (bicyclic) bond motifs is 1. The molecule has 0 heterocycles. The van der Waals surface area contributed by atoms with Crippen molar-refractivity contribution in [2.45, 2.75) is 31.3 Å². The molecule has 0 fully saturated rings. The predicted octanol–water partition coefficient (Wildman–Crippen LogP) is 3.43. The van der Waals surface area contributed by atoms with Crippen LogP contribution < -0.4 is 5.32 Å². The van der Waals surface area contributed by atoms with Gasteiger partial charge in [0.1, 0.15) is 10.5 Å². The normalized spacial score (nSPS) is 12.2. The second-order valence-corrected chi connectivity index (χ2v) is 7.15. The van der Waals surface area contributed by atoms with Crippen LogP contribution in [0.25, 0.3) is 10.8 Å². The highest BCUT2D eigenvalue weighted by Gasteiger charge is 2.18. The van der Waals surface area contributed by atoms with E-state index in [1.54, 1.807) is 45.0 Å². The highest BCUT2D eigenvalue weighted by atomic mass is 32.2. The van der Waals surface area contributed by atoms with E-state index in [-0.39, 0.29) is 4.90 Å². The van der Waals surface area contributed by atoms with Gasteiger partial charge in [-0.1, -0.05) is 24.3 Å². The average Bonchev–Trinajstić information content (AvgIpc) is 2.35. The van der Waals surface area contributed by atoms with E-state index < -0.39 is 21.8 Å². The van der Waals surface area contributed by atoms with Gasteiger partial charge in [0.15, 0.2) is 0 Å². The Morgan fingerprint density at radius 2 is 1.68 bits per heavy atom. The molecule has 0 radical (unpaired) electrons. The van der Waals surface area contributed by atoms with Gasteiger partial charge in [-0.3, -0.25) is 9.87 Å². The summed E-state index contributed by atoms with van der Waals surface area (Å²) in [7, 11) is -4.35.